The Morgan fingerprint density at radius 1 is 1.64 bits per heavy atom. The minimum atomic E-state index is 0.427. The molecule has 0 saturated heterocycles. The van der Waals surface area contributed by atoms with Gasteiger partial charge in [0.15, 0.2) is 0 Å². The third-order valence-electron chi connectivity index (χ3n) is 1.71. The molecule has 14 heavy (non-hydrogen) atoms. The summed E-state index contributed by atoms with van der Waals surface area (Å²) >= 11 is 2.18. The summed E-state index contributed by atoms with van der Waals surface area (Å²) < 4.78 is 6.46. The Morgan fingerprint density at radius 2 is 2.36 bits per heavy atom. The van der Waals surface area contributed by atoms with Crippen molar-refractivity contribution >= 4 is 22.6 Å². The maximum Gasteiger partial charge on any atom is 0.140 e. The second kappa shape index (κ2) is 5.01. The molecular formula is C11H10INO. The molecule has 72 valence electrons. The van der Waals surface area contributed by atoms with Gasteiger partial charge in [0.05, 0.1) is 5.56 Å². The van der Waals surface area contributed by atoms with Crippen LogP contribution in [0.15, 0.2) is 24.8 Å². The first kappa shape index (κ1) is 11.1. The van der Waals surface area contributed by atoms with Crippen molar-refractivity contribution in [3.63, 3.8) is 0 Å². The minimum absolute atomic E-state index is 0.427. The lowest BCUT2D eigenvalue weighted by molar-refractivity contribution is 0.359. The number of hydrogen-bond donors (Lipinski definition) is 0. The third kappa shape index (κ3) is 2.48. The van der Waals surface area contributed by atoms with Crippen LogP contribution in [-0.2, 0) is 0 Å². The van der Waals surface area contributed by atoms with Crippen molar-refractivity contribution in [1.29, 1.82) is 5.26 Å². The van der Waals surface area contributed by atoms with Crippen LogP contribution in [0.3, 0.4) is 0 Å². The van der Waals surface area contributed by atoms with Gasteiger partial charge in [0.25, 0.3) is 0 Å². The summed E-state index contributed by atoms with van der Waals surface area (Å²) in [4.78, 5) is 0. The van der Waals surface area contributed by atoms with Crippen LogP contribution in [0.2, 0.25) is 0 Å². The zero-order valence-corrected chi connectivity index (χ0v) is 10.0. The first-order valence-corrected chi connectivity index (χ1v) is 5.21. The highest BCUT2D eigenvalue weighted by atomic mass is 127. The smallest absolute Gasteiger partial charge is 0.140 e. The van der Waals surface area contributed by atoms with Crippen molar-refractivity contribution in [3.8, 4) is 11.8 Å². The molecule has 0 aliphatic carbocycles. The summed E-state index contributed by atoms with van der Waals surface area (Å²) in [7, 11) is 0. The molecule has 1 aromatic carbocycles. The molecule has 1 aromatic rings. The second-order valence-electron chi connectivity index (χ2n) is 2.81. The van der Waals surface area contributed by atoms with E-state index in [1.54, 1.807) is 6.08 Å². The van der Waals surface area contributed by atoms with E-state index in [1.165, 1.54) is 0 Å². The third-order valence-corrected chi connectivity index (χ3v) is 2.33. The van der Waals surface area contributed by atoms with Crippen molar-refractivity contribution in [2.75, 3.05) is 6.61 Å². The van der Waals surface area contributed by atoms with E-state index in [4.69, 9.17) is 10.00 Å². The molecule has 0 bridgehead atoms. The highest BCUT2D eigenvalue weighted by Crippen LogP contribution is 2.25. The number of benzene rings is 1. The summed E-state index contributed by atoms with van der Waals surface area (Å²) in [6.07, 6.45) is 1.67. The quantitative estimate of drug-likeness (QED) is 0.635. The lowest BCUT2D eigenvalue weighted by Gasteiger charge is -2.09. The Kier molecular flexibility index (Phi) is 3.96. The van der Waals surface area contributed by atoms with E-state index < -0.39 is 0 Å². The highest BCUT2D eigenvalue weighted by molar-refractivity contribution is 14.1. The van der Waals surface area contributed by atoms with Crippen molar-refractivity contribution in [1.82, 2.24) is 0 Å². The first-order valence-electron chi connectivity index (χ1n) is 4.13. The predicted molar refractivity (Wildman–Crippen MR) is 64.3 cm³/mol. The van der Waals surface area contributed by atoms with Gasteiger partial charge in [-0.15, -0.1) is 0 Å². The number of nitrogens with zero attached hydrogens (tertiary/aromatic N) is 1. The van der Waals surface area contributed by atoms with Crippen LogP contribution in [0.5, 0.6) is 5.75 Å². The molecule has 0 aliphatic heterocycles. The molecule has 2 nitrogen and oxygen atoms in total. The minimum Gasteiger partial charge on any atom is -0.488 e. The zero-order valence-electron chi connectivity index (χ0n) is 7.88. The van der Waals surface area contributed by atoms with E-state index in [1.807, 2.05) is 19.1 Å². The van der Waals surface area contributed by atoms with Gasteiger partial charge in [-0.1, -0.05) is 12.7 Å². The lowest BCUT2D eigenvalue weighted by Crippen LogP contribution is -1.98. The molecule has 0 fully saturated rings. The van der Waals surface area contributed by atoms with Crippen LogP contribution in [0, 0.1) is 21.8 Å². The number of hydrogen-bond acceptors (Lipinski definition) is 2. The van der Waals surface area contributed by atoms with E-state index >= 15 is 0 Å². The average molecular weight is 299 g/mol. The van der Waals surface area contributed by atoms with Gasteiger partial charge in [0, 0.05) is 3.57 Å². The van der Waals surface area contributed by atoms with Crippen LogP contribution < -0.4 is 4.74 Å². The van der Waals surface area contributed by atoms with Gasteiger partial charge in [-0.05, 0) is 47.2 Å². The van der Waals surface area contributed by atoms with Crippen LogP contribution in [0.25, 0.3) is 0 Å². The van der Waals surface area contributed by atoms with Gasteiger partial charge in [0.1, 0.15) is 18.4 Å². The van der Waals surface area contributed by atoms with Crippen molar-refractivity contribution in [2.24, 2.45) is 0 Å². The summed E-state index contributed by atoms with van der Waals surface area (Å²) in [5, 5.41) is 8.91. The van der Waals surface area contributed by atoms with Crippen molar-refractivity contribution < 1.29 is 4.74 Å². The van der Waals surface area contributed by atoms with Gasteiger partial charge < -0.3 is 4.74 Å². The molecular weight excluding hydrogens is 289 g/mol. The van der Waals surface area contributed by atoms with E-state index in [0.717, 1.165) is 9.13 Å². The normalized spacial score (nSPS) is 9.21. The molecule has 0 aromatic heterocycles. The highest BCUT2D eigenvalue weighted by Gasteiger charge is 2.07. The molecule has 0 heterocycles. The van der Waals surface area contributed by atoms with Gasteiger partial charge >= 0.3 is 0 Å². The number of nitriles is 1. The maximum atomic E-state index is 8.91. The number of rotatable bonds is 3. The predicted octanol–water partition coefficient (Wildman–Crippen LogP) is 3.04. The number of aryl methyl sites for hydroxylation is 1. The monoisotopic (exact) mass is 299 g/mol. The van der Waals surface area contributed by atoms with Crippen LogP contribution >= 0.6 is 22.6 Å². The summed E-state index contributed by atoms with van der Waals surface area (Å²) in [5.41, 5.74) is 1.56. The summed E-state index contributed by atoms with van der Waals surface area (Å²) in [5.74, 6) is 0.660. The molecule has 0 saturated carbocycles. The molecule has 0 unspecified atom stereocenters. The fraction of sp³-hybridized carbons (Fsp3) is 0.182. The molecule has 0 aliphatic rings. The van der Waals surface area contributed by atoms with Gasteiger partial charge in [0.2, 0.25) is 0 Å². The summed E-state index contributed by atoms with van der Waals surface area (Å²) in [6.45, 7) is 5.93. The van der Waals surface area contributed by atoms with Crippen LogP contribution in [0.4, 0.5) is 0 Å². The molecule has 3 heteroatoms. The number of ether oxygens (including phenoxy) is 1. The van der Waals surface area contributed by atoms with Crippen LogP contribution in [-0.4, -0.2) is 6.61 Å². The van der Waals surface area contributed by atoms with E-state index in [-0.39, 0.29) is 0 Å². The molecule has 0 atom stereocenters. The Labute approximate surface area is 97.3 Å². The largest absolute Gasteiger partial charge is 0.488 e. The van der Waals surface area contributed by atoms with E-state index in [9.17, 15) is 0 Å². The molecule has 0 amide bonds. The maximum absolute atomic E-state index is 8.91. The fourth-order valence-electron chi connectivity index (χ4n) is 1.15. The topological polar surface area (TPSA) is 33.0 Å². The molecule has 0 N–H and O–H groups in total. The molecule has 0 spiro atoms. The lowest BCUT2D eigenvalue weighted by atomic mass is 10.1. The number of halogens is 1. The molecule has 1 rings (SSSR count). The fourth-order valence-corrected chi connectivity index (χ4v) is 1.93. The van der Waals surface area contributed by atoms with Gasteiger partial charge in [-0.3, -0.25) is 0 Å². The van der Waals surface area contributed by atoms with E-state index in [2.05, 4.69) is 35.2 Å². The average Bonchev–Trinajstić information content (AvgIpc) is 2.15. The van der Waals surface area contributed by atoms with Gasteiger partial charge in [-0.25, -0.2) is 0 Å². The van der Waals surface area contributed by atoms with Crippen LogP contribution in [0.1, 0.15) is 11.1 Å². The second-order valence-corrected chi connectivity index (χ2v) is 4.06. The SMILES string of the molecule is C=CCOc1c(C)cc(I)cc1C#N. The van der Waals surface area contributed by atoms with Crippen molar-refractivity contribution in [3.05, 3.63) is 39.5 Å². The van der Waals surface area contributed by atoms with Gasteiger partial charge in [-0.2, -0.15) is 5.26 Å². The van der Waals surface area contributed by atoms with E-state index in [0.29, 0.717) is 17.9 Å². The summed E-state index contributed by atoms with van der Waals surface area (Å²) in [6, 6.07) is 5.92. The Hall–Kier alpha value is -1.02. The van der Waals surface area contributed by atoms with Crippen molar-refractivity contribution in [2.45, 2.75) is 6.92 Å². The standard InChI is InChI=1S/C11H10INO/c1-3-4-14-11-8(2)5-10(12)6-9(11)7-13/h3,5-6H,1,4H2,2H3. The Bertz CT molecular complexity index is 393. The molecule has 0 radical (unpaired) electrons. The first-order chi connectivity index (χ1) is 6.69. The Balaban J connectivity index is 3.13. The Morgan fingerprint density at radius 3 is 2.93 bits per heavy atom. The zero-order chi connectivity index (χ0) is 10.6.